The highest BCUT2D eigenvalue weighted by molar-refractivity contribution is 5.36. The van der Waals surface area contributed by atoms with Gasteiger partial charge in [0.1, 0.15) is 0 Å². The van der Waals surface area contributed by atoms with Gasteiger partial charge in [0.15, 0.2) is 0 Å². The van der Waals surface area contributed by atoms with Gasteiger partial charge in [-0.1, -0.05) is 58.7 Å². The molecule has 0 aromatic heterocycles. The maximum Gasteiger partial charge on any atom is 0.0491 e. The third-order valence-corrected chi connectivity index (χ3v) is 3.64. The summed E-state index contributed by atoms with van der Waals surface area (Å²) in [6, 6.07) is 12.4. The zero-order chi connectivity index (χ0) is 14.9. The van der Waals surface area contributed by atoms with E-state index < -0.39 is 0 Å². The monoisotopic (exact) mass is 268 g/mol. The molecule has 0 saturated carbocycles. The number of rotatable bonds is 3. The summed E-state index contributed by atoms with van der Waals surface area (Å²) >= 11 is 0. The minimum Gasteiger partial charge on any atom is -0.322 e. The van der Waals surface area contributed by atoms with E-state index in [1.807, 2.05) is 0 Å². The standard InChI is InChI=1S/C18H24N2/c1-11-5-12(2)8-15(7-11)17(19)18(20)16-9-13(3)6-14(4)10-16/h5-10,17-18H,19-20H2,1-4H3/t17-,18?/m1/s1. The smallest absolute Gasteiger partial charge is 0.0491 e. The minimum atomic E-state index is -0.185. The Hall–Kier alpha value is -1.64. The molecular weight excluding hydrogens is 244 g/mol. The van der Waals surface area contributed by atoms with Crippen LogP contribution in [0.25, 0.3) is 0 Å². The van der Waals surface area contributed by atoms with Crippen LogP contribution in [0.3, 0.4) is 0 Å². The fraction of sp³-hybridized carbons (Fsp3) is 0.333. The average molecular weight is 268 g/mol. The van der Waals surface area contributed by atoms with Crippen molar-refractivity contribution in [3.05, 3.63) is 69.8 Å². The zero-order valence-electron chi connectivity index (χ0n) is 12.8. The van der Waals surface area contributed by atoms with Crippen LogP contribution < -0.4 is 11.5 Å². The second kappa shape index (κ2) is 5.78. The van der Waals surface area contributed by atoms with E-state index in [-0.39, 0.29) is 12.1 Å². The Kier molecular flexibility index (Phi) is 4.26. The van der Waals surface area contributed by atoms with E-state index in [0.29, 0.717) is 0 Å². The molecule has 0 aliphatic heterocycles. The maximum absolute atomic E-state index is 6.38. The van der Waals surface area contributed by atoms with Gasteiger partial charge in [0.25, 0.3) is 0 Å². The molecule has 0 spiro atoms. The molecule has 0 bridgehead atoms. The number of hydrogen-bond donors (Lipinski definition) is 2. The summed E-state index contributed by atoms with van der Waals surface area (Å²) < 4.78 is 0. The van der Waals surface area contributed by atoms with Crippen LogP contribution >= 0.6 is 0 Å². The lowest BCUT2D eigenvalue weighted by atomic mass is 9.91. The molecule has 0 saturated heterocycles. The van der Waals surface area contributed by atoms with Crippen molar-refractivity contribution in [2.75, 3.05) is 0 Å². The Morgan fingerprint density at radius 1 is 0.550 bits per heavy atom. The molecule has 0 fully saturated rings. The van der Waals surface area contributed by atoms with Crippen LogP contribution in [0.4, 0.5) is 0 Å². The zero-order valence-corrected chi connectivity index (χ0v) is 12.8. The van der Waals surface area contributed by atoms with Crippen molar-refractivity contribution in [3.8, 4) is 0 Å². The van der Waals surface area contributed by atoms with Crippen LogP contribution in [0.2, 0.25) is 0 Å². The molecule has 2 atom stereocenters. The Morgan fingerprint density at radius 2 is 0.800 bits per heavy atom. The summed E-state index contributed by atoms with van der Waals surface area (Å²) in [7, 11) is 0. The minimum absolute atomic E-state index is 0.185. The first-order valence-electron chi connectivity index (χ1n) is 7.04. The van der Waals surface area contributed by atoms with E-state index in [9.17, 15) is 0 Å². The number of hydrogen-bond acceptors (Lipinski definition) is 2. The highest BCUT2D eigenvalue weighted by atomic mass is 14.8. The van der Waals surface area contributed by atoms with Crippen LogP contribution in [0.1, 0.15) is 45.5 Å². The summed E-state index contributed by atoms with van der Waals surface area (Å²) in [5, 5.41) is 0. The van der Waals surface area contributed by atoms with E-state index in [1.165, 1.54) is 22.3 Å². The summed E-state index contributed by atoms with van der Waals surface area (Å²) in [4.78, 5) is 0. The Labute approximate surface area is 121 Å². The van der Waals surface area contributed by atoms with E-state index >= 15 is 0 Å². The first-order chi connectivity index (χ1) is 9.36. The number of benzene rings is 2. The topological polar surface area (TPSA) is 52.0 Å². The lowest BCUT2D eigenvalue weighted by Gasteiger charge is -2.22. The van der Waals surface area contributed by atoms with Gasteiger partial charge in [-0.2, -0.15) is 0 Å². The van der Waals surface area contributed by atoms with Gasteiger partial charge in [0.2, 0.25) is 0 Å². The Balaban J connectivity index is 2.34. The average Bonchev–Trinajstić information content (AvgIpc) is 2.34. The van der Waals surface area contributed by atoms with Crippen molar-refractivity contribution in [2.45, 2.75) is 39.8 Å². The van der Waals surface area contributed by atoms with Crippen molar-refractivity contribution in [1.82, 2.24) is 0 Å². The first kappa shape index (κ1) is 14.8. The molecule has 2 nitrogen and oxygen atoms in total. The largest absolute Gasteiger partial charge is 0.322 e. The Bertz CT molecular complexity index is 521. The fourth-order valence-corrected chi connectivity index (χ4v) is 2.82. The molecule has 2 aromatic carbocycles. The molecule has 2 heteroatoms. The van der Waals surface area contributed by atoms with Crippen molar-refractivity contribution in [2.24, 2.45) is 11.5 Å². The second-order valence-electron chi connectivity index (χ2n) is 5.89. The fourth-order valence-electron chi connectivity index (χ4n) is 2.82. The van der Waals surface area contributed by atoms with Crippen LogP contribution in [0.5, 0.6) is 0 Å². The molecule has 1 unspecified atom stereocenters. The third kappa shape index (κ3) is 3.27. The summed E-state index contributed by atoms with van der Waals surface area (Å²) in [5.41, 5.74) is 19.9. The van der Waals surface area contributed by atoms with Crippen molar-refractivity contribution in [3.63, 3.8) is 0 Å². The first-order valence-corrected chi connectivity index (χ1v) is 7.04. The van der Waals surface area contributed by atoms with Gasteiger partial charge >= 0.3 is 0 Å². The number of aryl methyl sites for hydroxylation is 4. The van der Waals surface area contributed by atoms with E-state index in [4.69, 9.17) is 11.5 Å². The lowest BCUT2D eigenvalue weighted by Crippen LogP contribution is -2.26. The molecule has 20 heavy (non-hydrogen) atoms. The van der Waals surface area contributed by atoms with Crippen LogP contribution in [0, 0.1) is 27.7 Å². The van der Waals surface area contributed by atoms with E-state index in [0.717, 1.165) is 11.1 Å². The molecule has 2 rings (SSSR count). The molecule has 106 valence electrons. The van der Waals surface area contributed by atoms with Gasteiger partial charge in [-0.25, -0.2) is 0 Å². The van der Waals surface area contributed by atoms with E-state index in [2.05, 4.69) is 64.1 Å². The third-order valence-electron chi connectivity index (χ3n) is 3.64. The van der Waals surface area contributed by atoms with Gasteiger partial charge in [-0.3, -0.25) is 0 Å². The predicted molar refractivity (Wildman–Crippen MR) is 85.7 cm³/mol. The van der Waals surface area contributed by atoms with Crippen molar-refractivity contribution < 1.29 is 0 Å². The summed E-state index contributed by atoms with van der Waals surface area (Å²) in [6.07, 6.45) is 0. The SMILES string of the molecule is Cc1cc(C)cc(C(N)[C@H](N)c2cc(C)cc(C)c2)c1. The normalized spacial score (nSPS) is 14.1. The van der Waals surface area contributed by atoms with Crippen molar-refractivity contribution >= 4 is 0 Å². The molecule has 0 radical (unpaired) electrons. The van der Waals surface area contributed by atoms with Gasteiger partial charge in [-0.05, 0) is 38.8 Å². The molecular formula is C18H24N2. The lowest BCUT2D eigenvalue weighted by molar-refractivity contribution is 0.573. The molecule has 4 N–H and O–H groups in total. The van der Waals surface area contributed by atoms with Crippen molar-refractivity contribution in [1.29, 1.82) is 0 Å². The van der Waals surface area contributed by atoms with Crippen LogP contribution in [-0.4, -0.2) is 0 Å². The van der Waals surface area contributed by atoms with Gasteiger partial charge in [-0.15, -0.1) is 0 Å². The van der Waals surface area contributed by atoms with Gasteiger partial charge < -0.3 is 11.5 Å². The Morgan fingerprint density at radius 3 is 1.05 bits per heavy atom. The molecule has 0 aliphatic rings. The predicted octanol–water partition coefficient (Wildman–Crippen LogP) is 3.62. The molecule has 0 aliphatic carbocycles. The van der Waals surface area contributed by atoms with Crippen LogP contribution in [-0.2, 0) is 0 Å². The summed E-state index contributed by atoms with van der Waals surface area (Å²) in [6.45, 7) is 8.36. The highest BCUT2D eigenvalue weighted by Gasteiger charge is 2.18. The quantitative estimate of drug-likeness (QED) is 0.893. The summed E-state index contributed by atoms with van der Waals surface area (Å²) in [5.74, 6) is 0. The maximum atomic E-state index is 6.38. The van der Waals surface area contributed by atoms with Crippen LogP contribution in [0.15, 0.2) is 36.4 Å². The molecule has 0 amide bonds. The molecule has 2 aromatic rings. The second-order valence-corrected chi connectivity index (χ2v) is 5.89. The molecule has 0 heterocycles. The number of nitrogens with two attached hydrogens (primary N) is 2. The van der Waals surface area contributed by atoms with E-state index in [1.54, 1.807) is 0 Å². The highest BCUT2D eigenvalue weighted by Crippen LogP contribution is 2.27. The van der Waals surface area contributed by atoms with Gasteiger partial charge in [0, 0.05) is 12.1 Å². The van der Waals surface area contributed by atoms with Gasteiger partial charge in [0.05, 0.1) is 0 Å².